The molecule has 2 heterocycles. The van der Waals surface area contributed by atoms with Crippen molar-refractivity contribution in [3.05, 3.63) is 68.2 Å². The smallest absolute Gasteiger partial charge is 0.348 e. The highest BCUT2D eigenvalue weighted by Gasteiger charge is 2.16. The third-order valence-corrected chi connectivity index (χ3v) is 6.50. The van der Waals surface area contributed by atoms with E-state index < -0.39 is 5.97 Å². The highest BCUT2D eigenvalue weighted by Crippen LogP contribution is 2.29. The Morgan fingerprint density at radius 2 is 1.69 bits per heavy atom. The zero-order chi connectivity index (χ0) is 20.8. The van der Waals surface area contributed by atoms with Crippen LogP contribution in [0.4, 0.5) is 0 Å². The second-order valence-electron chi connectivity index (χ2n) is 6.17. The summed E-state index contributed by atoms with van der Waals surface area (Å²) >= 11 is 8.54. The SMILES string of the molecule is CC(=O)NCCc1ccc(C(=O)COC(=O)c2ccc(-c3ccc(Cl)cc3)s2)s1. The number of benzene rings is 1. The number of esters is 1. The zero-order valence-corrected chi connectivity index (χ0v) is 18.0. The highest BCUT2D eigenvalue weighted by atomic mass is 35.5. The molecule has 1 aromatic carbocycles. The number of Topliss-reactive ketones (excluding diaryl/α,β-unsaturated/α-hetero) is 1. The van der Waals surface area contributed by atoms with E-state index in [1.165, 1.54) is 29.6 Å². The minimum Gasteiger partial charge on any atom is -0.453 e. The summed E-state index contributed by atoms with van der Waals surface area (Å²) in [6, 6.07) is 14.4. The van der Waals surface area contributed by atoms with Gasteiger partial charge in [-0.25, -0.2) is 4.79 Å². The van der Waals surface area contributed by atoms with Gasteiger partial charge in [0.1, 0.15) is 4.88 Å². The summed E-state index contributed by atoms with van der Waals surface area (Å²) in [6.07, 6.45) is 0.653. The topological polar surface area (TPSA) is 72.5 Å². The van der Waals surface area contributed by atoms with Gasteiger partial charge in [-0.05, 0) is 48.4 Å². The fourth-order valence-electron chi connectivity index (χ4n) is 2.51. The first-order chi connectivity index (χ1) is 13.9. The maximum absolute atomic E-state index is 12.3. The Bertz CT molecular complexity index is 1020. The van der Waals surface area contributed by atoms with Crippen LogP contribution in [-0.2, 0) is 16.0 Å². The van der Waals surface area contributed by atoms with Gasteiger partial charge >= 0.3 is 5.97 Å². The van der Waals surface area contributed by atoms with E-state index in [0.717, 1.165) is 15.3 Å². The molecule has 5 nitrogen and oxygen atoms in total. The van der Waals surface area contributed by atoms with Gasteiger partial charge in [0.2, 0.25) is 11.7 Å². The molecule has 0 aliphatic carbocycles. The van der Waals surface area contributed by atoms with Gasteiger partial charge in [0.05, 0.1) is 4.88 Å². The van der Waals surface area contributed by atoms with Gasteiger partial charge in [-0.2, -0.15) is 0 Å². The normalized spacial score (nSPS) is 10.6. The van der Waals surface area contributed by atoms with Crippen LogP contribution in [0.2, 0.25) is 5.02 Å². The number of thiophene rings is 2. The lowest BCUT2D eigenvalue weighted by molar-refractivity contribution is -0.118. The molecule has 0 bridgehead atoms. The Morgan fingerprint density at radius 1 is 0.966 bits per heavy atom. The minimum absolute atomic E-state index is 0.0856. The van der Waals surface area contributed by atoms with Gasteiger partial charge in [0.25, 0.3) is 0 Å². The molecule has 0 radical (unpaired) electrons. The van der Waals surface area contributed by atoms with Crippen LogP contribution in [0, 0.1) is 0 Å². The molecule has 150 valence electrons. The van der Waals surface area contributed by atoms with Crippen LogP contribution >= 0.6 is 34.3 Å². The minimum atomic E-state index is -0.522. The van der Waals surface area contributed by atoms with Gasteiger partial charge in [-0.1, -0.05) is 23.7 Å². The maximum atomic E-state index is 12.3. The molecule has 3 aromatic rings. The molecule has 29 heavy (non-hydrogen) atoms. The van der Waals surface area contributed by atoms with E-state index in [1.54, 1.807) is 24.3 Å². The van der Waals surface area contributed by atoms with Crippen molar-refractivity contribution in [2.24, 2.45) is 0 Å². The number of rotatable bonds is 8. The zero-order valence-electron chi connectivity index (χ0n) is 15.6. The number of carbonyl (C=O) groups excluding carboxylic acids is 3. The van der Waals surface area contributed by atoms with Crippen molar-refractivity contribution in [2.45, 2.75) is 13.3 Å². The average molecular weight is 448 g/mol. The molecule has 0 atom stereocenters. The van der Waals surface area contributed by atoms with Gasteiger partial charge in [0, 0.05) is 28.2 Å². The highest BCUT2D eigenvalue weighted by molar-refractivity contribution is 7.17. The second kappa shape index (κ2) is 9.82. The summed E-state index contributed by atoms with van der Waals surface area (Å²) in [5, 5.41) is 3.36. The molecule has 0 aliphatic heterocycles. The average Bonchev–Trinajstić information content (AvgIpc) is 3.36. The molecule has 0 aliphatic rings. The number of nitrogens with one attached hydrogen (secondary N) is 1. The number of hydrogen-bond acceptors (Lipinski definition) is 6. The fourth-order valence-corrected chi connectivity index (χ4v) is 4.48. The fraction of sp³-hybridized carbons (Fsp3) is 0.190. The lowest BCUT2D eigenvalue weighted by Crippen LogP contribution is -2.22. The van der Waals surface area contributed by atoms with E-state index in [-0.39, 0.29) is 18.3 Å². The van der Waals surface area contributed by atoms with Gasteiger partial charge in [0.15, 0.2) is 6.61 Å². The standard InChI is InChI=1S/C21H18ClNO4S2/c1-13(24)23-11-10-16-6-7-19(28-16)17(25)12-27-21(26)20-9-8-18(29-20)14-2-4-15(22)5-3-14/h2-9H,10-12H2,1H3,(H,23,24). The van der Waals surface area contributed by atoms with Crippen molar-refractivity contribution in [3.8, 4) is 10.4 Å². The summed E-state index contributed by atoms with van der Waals surface area (Å²) in [4.78, 5) is 38.3. The molecular weight excluding hydrogens is 430 g/mol. The monoisotopic (exact) mass is 447 g/mol. The summed E-state index contributed by atoms with van der Waals surface area (Å²) in [7, 11) is 0. The molecule has 0 saturated carbocycles. The quantitative estimate of drug-likeness (QED) is 0.396. The largest absolute Gasteiger partial charge is 0.453 e. The summed E-state index contributed by atoms with van der Waals surface area (Å²) in [6.45, 7) is 1.68. The van der Waals surface area contributed by atoms with Crippen LogP contribution in [-0.4, -0.2) is 30.8 Å². The predicted molar refractivity (Wildman–Crippen MR) is 116 cm³/mol. The van der Waals surface area contributed by atoms with Crippen LogP contribution < -0.4 is 5.32 Å². The molecule has 2 aromatic heterocycles. The molecule has 3 rings (SSSR count). The van der Waals surface area contributed by atoms with Crippen molar-refractivity contribution in [2.75, 3.05) is 13.2 Å². The predicted octanol–water partition coefficient (Wildman–Crippen LogP) is 4.85. The Labute approximate surface area is 181 Å². The number of hydrogen-bond donors (Lipinski definition) is 1. The van der Waals surface area contributed by atoms with Gasteiger partial charge < -0.3 is 10.1 Å². The maximum Gasteiger partial charge on any atom is 0.348 e. The Hall–Kier alpha value is -2.48. The molecule has 1 N–H and O–H groups in total. The van der Waals surface area contributed by atoms with Crippen LogP contribution in [0.3, 0.4) is 0 Å². The van der Waals surface area contributed by atoms with E-state index in [9.17, 15) is 14.4 Å². The van der Waals surface area contributed by atoms with E-state index in [4.69, 9.17) is 16.3 Å². The lowest BCUT2D eigenvalue weighted by Gasteiger charge is -2.02. The van der Waals surface area contributed by atoms with Crippen molar-refractivity contribution >= 4 is 51.9 Å². The Morgan fingerprint density at radius 3 is 2.41 bits per heavy atom. The van der Waals surface area contributed by atoms with Crippen LogP contribution in [0.5, 0.6) is 0 Å². The van der Waals surface area contributed by atoms with E-state index in [1.807, 2.05) is 24.3 Å². The molecule has 1 amide bonds. The van der Waals surface area contributed by atoms with E-state index in [2.05, 4.69) is 5.32 Å². The molecule has 0 fully saturated rings. The molecule has 0 unspecified atom stereocenters. The molecule has 0 saturated heterocycles. The second-order valence-corrected chi connectivity index (χ2v) is 8.86. The number of carbonyl (C=O) groups is 3. The lowest BCUT2D eigenvalue weighted by atomic mass is 10.2. The molecular formula is C21H18ClNO4S2. The number of halogens is 1. The van der Waals surface area contributed by atoms with Crippen molar-refractivity contribution in [3.63, 3.8) is 0 Å². The van der Waals surface area contributed by atoms with Crippen molar-refractivity contribution in [1.82, 2.24) is 5.32 Å². The third kappa shape index (κ3) is 6.00. The van der Waals surface area contributed by atoms with Crippen LogP contribution in [0.1, 0.15) is 31.1 Å². The number of ketones is 1. The van der Waals surface area contributed by atoms with Crippen molar-refractivity contribution in [1.29, 1.82) is 0 Å². The molecule has 0 spiro atoms. The first kappa shape index (κ1) is 21.2. The Kier molecular flexibility index (Phi) is 7.19. The van der Waals surface area contributed by atoms with Gasteiger partial charge in [-0.3, -0.25) is 9.59 Å². The van der Waals surface area contributed by atoms with Crippen molar-refractivity contribution < 1.29 is 19.1 Å². The van der Waals surface area contributed by atoms with E-state index >= 15 is 0 Å². The first-order valence-electron chi connectivity index (χ1n) is 8.81. The van der Waals surface area contributed by atoms with Crippen LogP contribution in [0.15, 0.2) is 48.5 Å². The summed E-state index contributed by atoms with van der Waals surface area (Å²) < 4.78 is 5.18. The third-order valence-electron chi connectivity index (χ3n) is 3.95. The number of ether oxygens (including phenoxy) is 1. The summed E-state index contributed by atoms with van der Waals surface area (Å²) in [5.41, 5.74) is 0.958. The van der Waals surface area contributed by atoms with Crippen LogP contribution in [0.25, 0.3) is 10.4 Å². The van der Waals surface area contributed by atoms with E-state index in [0.29, 0.717) is 27.7 Å². The Balaban J connectivity index is 1.53. The van der Waals surface area contributed by atoms with Gasteiger partial charge in [-0.15, -0.1) is 22.7 Å². The summed E-state index contributed by atoms with van der Waals surface area (Å²) in [5.74, 6) is -0.854. The number of amides is 1. The molecule has 8 heteroatoms. The first-order valence-corrected chi connectivity index (χ1v) is 10.8.